The zero-order valence-electron chi connectivity index (χ0n) is 6.45. The molecule has 0 saturated carbocycles. The molecule has 1 aliphatic heterocycles. The summed E-state index contributed by atoms with van der Waals surface area (Å²) in [5, 5.41) is 0. The van der Waals surface area contributed by atoms with Gasteiger partial charge in [-0.25, -0.2) is 0 Å². The first-order valence-electron chi connectivity index (χ1n) is 3.35. The van der Waals surface area contributed by atoms with Gasteiger partial charge < -0.3 is 0 Å². The Balaban J connectivity index is 2.45. The maximum absolute atomic E-state index is 6.30. The van der Waals surface area contributed by atoms with Crippen molar-refractivity contribution in [3.63, 3.8) is 0 Å². The van der Waals surface area contributed by atoms with Crippen LogP contribution in [0.1, 0.15) is 6.42 Å². The molecule has 77 valence electrons. The van der Waals surface area contributed by atoms with Crippen LogP contribution < -0.4 is 0 Å². The molecule has 2 atom stereocenters. The molecule has 0 aromatic rings. The molecule has 0 N–H and O–H groups in total. The first kappa shape index (κ1) is 11.5. The fraction of sp³-hybridized carbons (Fsp3) is 0.500. The topological polar surface area (TPSA) is 0 Å². The Morgan fingerprint density at radius 1 is 1.50 bits per heavy atom. The van der Waals surface area contributed by atoms with Crippen LogP contribution in [0.15, 0.2) is 25.3 Å². The van der Waals surface area contributed by atoms with E-state index in [0.29, 0.717) is 15.2 Å². The Hall–Kier alpha value is 1.38. The van der Waals surface area contributed by atoms with Gasteiger partial charge in [0.15, 0.2) is 0 Å². The molecule has 0 aromatic heterocycles. The van der Waals surface area contributed by atoms with Gasteiger partial charge in [-0.1, -0.05) is 0 Å². The SMILES string of the molecule is C=C[CH2][Pd]1[Pd][C](Cl)(CC=C)[CH]1Cl. The van der Waals surface area contributed by atoms with E-state index in [1.807, 2.05) is 12.2 Å². The van der Waals surface area contributed by atoms with E-state index in [0.717, 1.165) is 11.3 Å². The molecule has 0 spiro atoms. The summed E-state index contributed by atoms with van der Waals surface area (Å²) in [5.74, 6) is 0. The van der Waals surface area contributed by atoms with E-state index in [9.17, 15) is 0 Å². The first-order valence-corrected chi connectivity index (χ1v) is 10.3. The summed E-state index contributed by atoms with van der Waals surface area (Å²) in [6, 6.07) is 0. The minimum absolute atomic E-state index is 0.123. The molecule has 1 fully saturated rings. The van der Waals surface area contributed by atoms with Gasteiger partial charge in [0.1, 0.15) is 0 Å². The van der Waals surface area contributed by atoms with Gasteiger partial charge in [0, 0.05) is 0 Å². The number of hydrogen-bond donors (Lipinski definition) is 0. The van der Waals surface area contributed by atoms with Gasteiger partial charge in [-0.15, -0.1) is 0 Å². The second-order valence-corrected chi connectivity index (χ2v) is 13.8. The average Bonchev–Trinajstić information content (AvgIpc) is 2.04. The standard InChI is InChI=1S/C5H6Cl2.C3H5.2Pd/c1-2-3-5(7)4-6;1-3-2;;/h2,4H,1,3H2;3H,1-2H2;;. The Labute approximate surface area is 95.3 Å². The Bertz CT molecular complexity index is 195. The summed E-state index contributed by atoms with van der Waals surface area (Å²) >= 11 is 12.7. The second kappa shape index (κ2) is 4.75. The number of allylic oxidation sites excluding steroid dienone is 2. The van der Waals surface area contributed by atoms with Crippen molar-refractivity contribution in [2.75, 3.05) is 0 Å². The molecule has 0 amide bonds. The Morgan fingerprint density at radius 2 is 2.17 bits per heavy atom. The number of hydrogen-bond acceptors (Lipinski definition) is 0. The van der Waals surface area contributed by atoms with Crippen molar-refractivity contribution in [2.24, 2.45) is 0 Å². The third-order valence-corrected chi connectivity index (χ3v) is 17.5. The Kier molecular flexibility index (Phi) is 4.54. The van der Waals surface area contributed by atoms with E-state index in [-0.39, 0.29) is 7.20 Å². The summed E-state index contributed by atoms with van der Waals surface area (Å²) < 4.78 is 0.0944. The van der Waals surface area contributed by atoms with Crippen LogP contribution in [-0.2, 0) is 29.2 Å². The van der Waals surface area contributed by atoms with E-state index in [2.05, 4.69) is 13.2 Å². The van der Waals surface area contributed by atoms with Crippen LogP contribution in [-0.4, -0.2) is 7.20 Å². The van der Waals surface area contributed by atoms with Gasteiger partial charge in [-0.05, 0) is 0 Å². The predicted octanol–water partition coefficient (Wildman–Crippen LogP) is 3.30. The van der Waals surface area contributed by atoms with Gasteiger partial charge >= 0.3 is 96.2 Å². The number of alkyl halides is 2. The van der Waals surface area contributed by atoms with E-state index in [1.165, 1.54) is 0 Å². The molecule has 1 rings (SSSR count). The van der Waals surface area contributed by atoms with Crippen molar-refractivity contribution in [2.45, 2.75) is 18.5 Å². The van der Waals surface area contributed by atoms with Gasteiger partial charge in [0.05, 0.1) is 0 Å². The second-order valence-electron chi connectivity index (χ2n) is 2.20. The third kappa shape index (κ3) is 2.25. The quantitative estimate of drug-likeness (QED) is 0.392. The van der Waals surface area contributed by atoms with Crippen molar-refractivity contribution in [1.82, 2.24) is 0 Å². The zero-order chi connectivity index (χ0) is 9.19. The molecule has 2 unspecified atom stereocenters. The van der Waals surface area contributed by atoms with E-state index in [1.54, 1.807) is 0 Å². The molecule has 4 heteroatoms. The molecular weight excluding hydrogens is 380 g/mol. The van der Waals surface area contributed by atoms with Crippen LogP contribution in [0, 0.1) is 0 Å². The van der Waals surface area contributed by atoms with Crippen LogP contribution in [0.3, 0.4) is 0 Å². The molecule has 12 heavy (non-hydrogen) atoms. The minimum atomic E-state index is -0.526. The Morgan fingerprint density at radius 3 is 2.58 bits per heavy atom. The van der Waals surface area contributed by atoms with Crippen LogP contribution in [0.25, 0.3) is 0 Å². The van der Waals surface area contributed by atoms with E-state index in [4.69, 9.17) is 23.2 Å². The van der Waals surface area contributed by atoms with Crippen LogP contribution >= 0.6 is 23.2 Å². The summed E-state index contributed by atoms with van der Waals surface area (Å²) in [6.07, 6.45) is 4.70. The van der Waals surface area contributed by atoms with Crippen molar-refractivity contribution in [3.05, 3.63) is 25.3 Å². The molecule has 0 radical (unpaired) electrons. The third-order valence-electron chi connectivity index (χ3n) is 1.20. The van der Waals surface area contributed by atoms with E-state index >= 15 is 0 Å². The molecule has 0 nitrogen and oxygen atoms in total. The van der Waals surface area contributed by atoms with Gasteiger partial charge in [0.25, 0.3) is 0 Å². The van der Waals surface area contributed by atoms with Gasteiger partial charge in [0.2, 0.25) is 0 Å². The van der Waals surface area contributed by atoms with Crippen LogP contribution in [0.2, 0.25) is 4.89 Å². The van der Waals surface area contributed by atoms with Crippen molar-refractivity contribution < 1.29 is 29.2 Å². The molecule has 0 aromatic carbocycles. The summed E-state index contributed by atoms with van der Waals surface area (Å²) in [7, 11) is 0. The number of halogens is 2. The monoisotopic (exact) mass is 389 g/mol. The number of rotatable bonds is 4. The molecule has 1 saturated heterocycles. The summed E-state index contributed by atoms with van der Waals surface area (Å²) in [5.41, 5.74) is 0. The van der Waals surface area contributed by atoms with Gasteiger partial charge in [-0.3, -0.25) is 0 Å². The summed E-state index contributed by atoms with van der Waals surface area (Å²) in [4.78, 5) is 1.11. The summed E-state index contributed by atoms with van der Waals surface area (Å²) in [6.45, 7) is 7.42. The maximum atomic E-state index is 6.30. The first-order chi connectivity index (χ1) is 5.64. The normalized spacial score (nSPS) is 37.8. The van der Waals surface area contributed by atoms with Crippen molar-refractivity contribution >= 4 is 23.2 Å². The van der Waals surface area contributed by atoms with E-state index < -0.39 is 14.0 Å². The fourth-order valence-corrected chi connectivity index (χ4v) is 15.8. The molecule has 0 bridgehead atoms. The van der Waals surface area contributed by atoms with Crippen LogP contribution in [0.5, 0.6) is 0 Å². The van der Waals surface area contributed by atoms with Gasteiger partial charge in [-0.2, -0.15) is 0 Å². The molecule has 1 heterocycles. The molecule has 1 aliphatic rings. The predicted molar refractivity (Wildman–Crippen MR) is 48.0 cm³/mol. The zero-order valence-corrected chi connectivity index (χ0v) is 11.1. The van der Waals surface area contributed by atoms with Crippen molar-refractivity contribution in [3.8, 4) is 0 Å². The molecule has 0 aliphatic carbocycles. The average molecular weight is 391 g/mol. The van der Waals surface area contributed by atoms with Crippen LogP contribution in [0.4, 0.5) is 0 Å². The fourth-order valence-electron chi connectivity index (χ4n) is 0.716. The van der Waals surface area contributed by atoms with Crippen molar-refractivity contribution in [1.29, 1.82) is 0 Å². The molecular formula is C8H11Cl2Pd2.